The summed E-state index contributed by atoms with van der Waals surface area (Å²) < 4.78 is 14.3. The number of esters is 1. The number of carbonyl (C=O) groups excluding carboxylic acids is 1. The van der Waals surface area contributed by atoms with Crippen LogP contribution >= 0.6 is 27.3 Å². The van der Waals surface area contributed by atoms with Crippen LogP contribution in [0.1, 0.15) is 20.8 Å². The van der Waals surface area contributed by atoms with E-state index in [0.717, 1.165) is 31.2 Å². The molecule has 4 rings (SSSR count). The molecule has 0 saturated carbocycles. The van der Waals surface area contributed by atoms with E-state index in [9.17, 15) is 4.79 Å². The van der Waals surface area contributed by atoms with Crippen LogP contribution in [0.3, 0.4) is 0 Å². The molecule has 132 valence electrons. The first kappa shape index (κ1) is 17.1. The van der Waals surface area contributed by atoms with Gasteiger partial charge >= 0.3 is 5.97 Å². The van der Waals surface area contributed by atoms with Crippen molar-refractivity contribution in [2.75, 3.05) is 7.11 Å². The number of benzene rings is 1. The Balaban J connectivity index is 1.80. The lowest BCUT2D eigenvalue weighted by atomic mass is 10.2. The maximum atomic E-state index is 12.0. The monoisotopic (exact) mass is 430 g/mol. The number of pyridine rings is 1. The molecule has 0 amide bonds. The van der Waals surface area contributed by atoms with Crippen LogP contribution in [0.2, 0.25) is 0 Å². The molecular weight excluding hydrogens is 416 g/mol. The number of aryl methyl sites for hydroxylation is 1. The number of halogens is 1. The smallest absolute Gasteiger partial charge is 0.349 e. The number of thiophene rings is 1. The molecule has 3 aromatic heterocycles. The Morgan fingerprint density at radius 1 is 1.27 bits per heavy atom. The molecular formula is C19H15BrN2O3S. The predicted molar refractivity (Wildman–Crippen MR) is 105 cm³/mol. The summed E-state index contributed by atoms with van der Waals surface area (Å²) >= 11 is 4.96. The zero-order chi connectivity index (χ0) is 18.3. The average molecular weight is 431 g/mol. The Labute approximate surface area is 162 Å². The SMILES string of the molecule is COC(=O)c1sc2ccn3nc(OCc4ccccc4)c(C)c3c2c1Br. The van der Waals surface area contributed by atoms with E-state index in [1.165, 1.54) is 18.4 Å². The van der Waals surface area contributed by atoms with E-state index in [4.69, 9.17) is 9.47 Å². The van der Waals surface area contributed by atoms with Crippen LogP contribution in [-0.2, 0) is 11.3 Å². The van der Waals surface area contributed by atoms with E-state index in [1.54, 1.807) is 4.52 Å². The van der Waals surface area contributed by atoms with Gasteiger partial charge in [0.1, 0.15) is 11.5 Å². The molecule has 0 unspecified atom stereocenters. The van der Waals surface area contributed by atoms with Crippen molar-refractivity contribution in [2.24, 2.45) is 0 Å². The van der Waals surface area contributed by atoms with Crippen molar-refractivity contribution in [3.05, 3.63) is 63.1 Å². The first-order chi connectivity index (χ1) is 12.6. The zero-order valence-corrected chi connectivity index (χ0v) is 16.6. The number of rotatable bonds is 4. The third-order valence-corrected chi connectivity index (χ3v) is 6.36. The fourth-order valence-electron chi connectivity index (χ4n) is 2.90. The first-order valence-corrected chi connectivity index (χ1v) is 9.56. The summed E-state index contributed by atoms with van der Waals surface area (Å²) in [5.74, 6) is 0.230. The second kappa shape index (κ2) is 6.74. The molecule has 0 atom stereocenters. The molecule has 0 spiro atoms. The number of ether oxygens (including phenoxy) is 2. The summed E-state index contributed by atoms with van der Waals surface area (Å²) in [7, 11) is 1.38. The topological polar surface area (TPSA) is 52.8 Å². The summed E-state index contributed by atoms with van der Waals surface area (Å²) in [6.45, 7) is 2.43. The minimum atomic E-state index is -0.353. The van der Waals surface area contributed by atoms with Gasteiger partial charge in [-0.15, -0.1) is 16.4 Å². The van der Waals surface area contributed by atoms with Crippen LogP contribution in [0.5, 0.6) is 5.88 Å². The van der Waals surface area contributed by atoms with E-state index >= 15 is 0 Å². The van der Waals surface area contributed by atoms with E-state index in [1.807, 2.05) is 49.5 Å². The fraction of sp³-hybridized carbons (Fsp3) is 0.158. The number of methoxy groups -OCH3 is 1. The minimum Gasteiger partial charge on any atom is -0.472 e. The number of fused-ring (bicyclic) bond motifs is 3. The molecule has 4 aromatic rings. The van der Waals surface area contributed by atoms with Crippen LogP contribution in [0, 0.1) is 6.92 Å². The number of hydrogen-bond acceptors (Lipinski definition) is 5. The van der Waals surface area contributed by atoms with Gasteiger partial charge in [-0.3, -0.25) is 0 Å². The van der Waals surface area contributed by atoms with E-state index in [-0.39, 0.29) is 5.97 Å². The molecule has 0 aliphatic heterocycles. The second-order valence-corrected chi connectivity index (χ2v) is 7.63. The lowest BCUT2D eigenvalue weighted by Crippen LogP contribution is -1.98. The van der Waals surface area contributed by atoms with Crippen LogP contribution in [-0.4, -0.2) is 22.7 Å². The molecule has 0 aliphatic rings. The number of aromatic nitrogens is 2. The van der Waals surface area contributed by atoms with Crippen molar-refractivity contribution < 1.29 is 14.3 Å². The fourth-order valence-corrected chi connectivity index (χ4v) is 4.84. The first-order valence-electron chi connectivity index (χ1n) is 7.95. The van der Waals surface area contributed by atoms with Crippen molar-refractivity contribution in [3.8, 4) is 5.88 Å². The maximum Gasteiger partial charge on any atom is 0.349 e. The van der Waals surface area contributed by atoms with Gasteiger partial charge in [0.2, 0.25) is 5.88 Å². The molecule has 5 nitrogen and oxygen atoms in total. The molecule has 0 radical (unpaired) electrons. The Hall–Kier alpha value is -2.38. The van der Waals surface area contributed by atoms with Crippen molar-refractivity contribution in [3.63, 3.8) is 0 Å². The van der Waals surface area contributed by atoms with Crippen LogP contribution in [0.25, 0.3) is 15.6 Å². The summed E-state index contributed by atoms with van der Waals surface area (Å²) in [5.41, 5.74) is 2.93. The molecule has 0 aliphatic carbocycles. The Morgan fingerprint density at radius 3 is 2.77 bits per heavy atom. The standard InChI is InChI=1S/C19H15BrN2O3S/c1-11-16-14-13(26-17(15(14)20)19(23)24-2)8-9-22(16)21-18(11)25-10-12-6-4-3-5-7-12/h3-9H,10H2,1-2H3. The van der Waals surface area contributed by atoms with Gasteiger partial charge in [0.05, 0.1) is 17.1 Å². The van der Waals surface area contributed by atoms with Crippen molar-refractivity contribution in [1.82, 2.24) is 9.61 Å². The van der Waals surface area contributed by atoms with Crippen LogP contribution < -0.4 is 4.74 Å². The number of nitrogens with zero attached hydrogens (tertiary/aromatic N) is 2. The second-order valence-electron chi connectivity index (χ2n) is 5.79. The van der Waals surface area contributed by atoms with Crippen LogP contribution in [0.4, 0.5) is 0 Å². The zero-order valence-electron chi connectivity index (χ0n) is 14.2. The highest BCUT2D eigenvalue weighted by Gasteiger charge is 2.22. The lowest BCUT2D eigenvalue weighted by Gasteiger charge is -2.03. The van der Waals surface area contributed by atoms with E-state index in [0.29, 0.717) is 17.4 Å². The summed E-state index contributed by atoms with van der Waals surface area (Å²) in [5, 5.41) is 5.50. The summed E-state index contributed by atoms with van der Waals surface area (Å²) in [6, 6.07) is 11.9. The van der Waals surface area contributed by atoms with Crippen molar-refractivity contribution in [1.29, 1.82) is 0 Å². The lowest BCUT2D eigenvalue weighted by molar-refractivity contribution is 0.0605. The molecule has 1 aromatic carbocycles. The van der Waals surface area contributed by atoms with Gasteiger partial charge in [0.25, 0.3) is 0 Å². The van der Waals surface area contributed by atoms with Crippen molar-refractivity contribution >= 4 is 48.8 Å². The molecule has 0 N–H and O–H groups in total. The van der Waals surface area contributed by atoms with Gasteiger partial charge in [0, 0.05) is 21.8 Å². The predicted octanol–water partition coefficient (Wildman–Crippen LogP) is 4.99. The average Bonchev–Trinajstić information content (AvgIpc) is 3.17. The number of carbonyl (C=O) groups is 1. The third-order valence-electron chi connectivity index (χ3n) is 4.17. The molecule has 7 heteroatoms. The third kappa shape index (κ3) is 2.77. The minimum absolute atomic E-state index is 0.353. The van der Waals surface area contributed by atoms with Gasteiger partial charge in [-0.1, -0.05) is 30.3 Å². The largest absolute Gasteiger partial charge is 0.472 e. The van der Waals surface area contributed by atoms with E-state index < -0.39 is 0 Å². The summed E-state index contributed by atoms with van der Waals surface area (Å²) in [6.07, 6.45) is 1.88. The van der Waals surface area contributed by atoms with Crippen molar-refractivity contribution in [2.45, 2.75) is 13.5 Å². The van der Waals surface area contributed by atoms with E-state index in [2.05, 4.69) is 21.0 Å². The molecule has 26 heavy (non-hydrogen) atoms. The van der Waals surface area contributed by atoms with Gasteiger partial charge in [-0.25, -0.2) is 9.31 Å². The molecule has 3 heterocycles. The quantitative estimate of drug-likeness (QED) is 0.428. The maximum absolute atomic E-state index is 12.0. The Morgan fingerprint density at radius 2 is 2.04 bits per heavy atom. The highest BCUT2D eigenvalue weighted by molar-refractivity contribution is 9.10. The normalized spacial score (nSPS) is 11.2. The van der Waals surface area contributed by atoms with Gasteiger partial charge < -0.3 is 9.47 Å². The highest BCUT2D eigenvalue weighted by Crippen LogP contribution is 2.40. The van der Waals surface area contributed by atoms with Crippen LogP contribution in [0.15, 0.2) is 47.1 Å². The molecule has 0 saturated heterocycles. The van der Waals surface area contributed by atoms with Gasteiger partial charge in [-0.05, 0) is 34.5 Å². The highest BCUT2D eigenvalue weighted by atomic mass is 79.9. The number of hydrogen-bond donors (Lipinski definition) is 0. The molecule has 0 bridgehead atoms. The molecule has 0 fully saturated rings. The summed E-state index contributed by atoms with van der Waals surface area (Å²) in [4.78, 5) is 12.5. The van der Waals surface area contributed by atoms with Gasteiger partial charge in [0.15, 0.2) is 0 Å². The Bertz CT molecular complexity index is 1120. The van der Waals surface area contributed by atoms with Gasteiger partial charge in [-0.2, -0.15) is 0 Å². The Kier molecular flexibility index (Phi) is 4.42.